The maximum absolute atomic E-state index is 6.19. The van der Waals surface area contributed by atoms with E-state index in [1.54, 1.807) is 0 Å². The van der Waals surface area contributed by atoms with Crippen molar-refractivity contribution in [2.75, 3.05) is 13.2 Å². The van der Waals surface area contributed by atoms with Crippen LogP contribution in [0.2, 0.25) is 0 Å². The summed E-state index contributed by atoms with van der Waals surface area (Å²) in [7, 11) is 0. The van der Waals surface area contributed by atoms with E-state index in [9.17, 15) is 0 Å². The summed E-state index contributed by atoms with van der Waals surface area (Å²) in [5, 5.41) is 0. The minimum Gasteiger partial charge on any atom is -0.373 e. The van der Waals surface area contributed by atoms with E-state index in [4.69, 9.17) is 10.5 Å². The Kier molecular flexibility index (Phi) is 5.77. The third-order valence-electron chi connectivity index (χ3n) is 4.34. The Morgan fingerprint density at radius 1 is 1.25 bits per heavy atom. The van der Waals surface area contributed by atoms with E-state index in [2.05, 4.69) is 20.8 Å². The zero-order chi connectivity index (χ0) is 12.0. The molecule has 1 aliphatic carbocycles. The van der Waals surface area contributed by atoms with Gasteiger partial charge in [-0.05, 0) is 37.5 Å². The van der Waals surface area contributed by atoms with Crippen molar-refractivity contribution >= 4 is 0 Å². The molecule has 2 N–H and O–H groups in total. The summed E-state index contributed by atoms with van der Waals surface area (Å²) in [6.45, 7) is 8.42. The van der Waals surface area contributed by atoms with E-state index < -0.39 is 0 Å². The summed E-state index contributed by atoms with van der Waals surface area (Å²) in [6.07, 6.45) is 7.30. The van der Waals surface area contributed by atoms with Gasteiger partial charge in [0, 0.05) is 6.54 Å². The largest absolute Gasteiger partial charge is 0.373 e. The van der Waals surface area contributed by atoms with Gasteiger partial charge in [0.05, 0.1) is 12.2 Å². The average Bonchev–Trinajstić information content (AvgIpc) is 2.33. The van der Waals surface area contributed by atoms with Crippen molar-refractivity contribution in [1.82, 2.24) is 0 Å². The Hall–Kier alpha value is -0.0800. The molecule has 0 aromatic carbocycles. The molecule has 2 nitrogen and oxygen atoms in total. The summed E-state index contributed by atoms with van der Waals surface area (Å²) in [6, 6.07) is 0. The van der Waals surface area contributed by atoms with Crippen molar-refractivity contribution < 1.29 is 4.74 Å². The fraction of sp³-hybridized carbons (Fsp3) is 1.00. The molecule has 1 aliphatic rings. The van der Waals surface area contributed by atoms with Crippen molar-refractivity contribution in [1.29, 1.82) is 0 Å². The first kappa shape index (κ1) is 14.0. The lowest BCUT2D eigenvalue weighted by molar-refractivity contribution is -0.0836. The standard InChI is InChI=1S/C14H29NO/c1-4-13(5-2)10-16-14(11-15)8-6-12(3)7-9-14/h12-13H,4-11,15H2,1-3H3. The lowest BCUT2D eigenvalue weighted by Gasteiger charge is -2.39. The maximum atomic E-state index is 6.19. The molecule has 0 saturated heterocycles. The molecule has 0 radical (unpaired) electrons. The molecule has 0 unspecified atom stereocenters. The molecule has 1 fully saturated rings. The Labute approximate surface area is 101 Å². The molecule has 0 amide bonds. The molecule has 16 heavy (non-hydrogen) atoms. The van der Waals surface area contributed by atoms with Crippen LogP contribution in [0.4, 0.5) is 0 Å². The van der Waals surface area contributed by atoms with Gasteiger partial charge >= 0.3 is 0 Å². The molecular formula is C14H29NO. The van der Waals surface area contributed by atoms with Gasteiger partial charge in [-0.3, -0.25) is 0 Å². The van der Waals surface area contributed by atoms with Crippen molar-refractivity contribution in [2.45, 2.75) is 64.9 Å². The lowest BCUT2D eigenvalue weighted by atomic mass is 9.79. The molecule has 0 aromatic rings. The molecule has 96 valence electrons. The number of hydrogen-bond acceptors (Lipinski definition) is 2. The van der Waals surface area contributed by atoms with Crippen LogP contribution in [0.5, 0.6) is 0 Å². The molecule has 2 heteroatoms. The van der Waals surface area contributed by atoms with Gasteiger partial charge in [0.1, 0.15) is 0 Å². The van der Waals surface area contributed by atoms with Gasteiger partial charge in [0.15, 0.2) is 0 Å². The van der Waals surface area contributed by atoms with E-state index in [0.717, 1.165) is 25.4 Å². The van der Waals surface area contributed by atoms with Crippen LogP contribution in [0.15, 0.2) is 0 Å². The summed E-state index contributed by atoms with van der Waals surface area (Å²) in [5.41, 5.74) is 5.94. The number of ether oxygens (including phenoxy) is 1. The smallest absolute Gasteiger partial charge is 0.0804 e. The first-order valence-corrected chi connectivity index (χ1v) is 6.99. The SMILES string of the molecule is CCC(CC)COC1(CN)CCC(C)CC1. The van der Waals surface area contributed by atoms with Crippen LogP contribution in [0.1, 0.15) is 59.3 Å². The molecule has 0 aliphatic heterocycles. The average molecular weight is 227 g/mol. The third-order valence-corrected chi connectivity index (χ3v) is 4.34. The van der Waals surface area contributed by atoms with Gasteiger partial charge in [0.25, 0.3) is 0 Å². The van der Waals surface area contributed by atoms with E-state index in [-0.39, 0.29) is 5.60 Å². The topological polar surface area (TPSA) is 35.2 Å². The monoisotopic (exact) mass is 227 g/mol. The molecule has 0 atom stereocenters. The van der Waals surface area contributed by atoms with Crippen molar-refractivity contribution in [3.8, 4) is 0 Å². The summed E-state index contributed by atoms with van der Waals surface area (Å²) in [5.74, 6) is 1.57. The van der Waals surface area contributed by atoms with Gasteiger partial charge in [-0.25, -0.2) is 0 Å². The summed E-state index contributed by atoms with van der Waals surface area (Å²) in [4.78, 5) is 0. The van der Waals surface area contributed by atoms with Crippen molar-refractivity contribution in [3.05, 3.63) is 0 Å². The zero-order valence-electron chi connectivity index (χ0n) is 11.3. The van der Waals surface area contributed by atoms with Crippen LogP contribution >= 0.6 is 0 Å². The zero-order valence-corrected chi connectivity index (χ0v) is 11.3. The molecule has 1 saturated carbocycles. The molecule has 0 bridgehead atoms. The normalized spacial score (nSPS) is 30.9. The highest BCUT2D eigenvalue weighted by atomic mass is 16.5. The van der Waals surface area contributed by atoms with Gasteiger partial charge < -0.3 is 10.5 Å². The van der Waals surface area contributed by atoms with Crippen LogP contribution in [0.25, 0.3) is 0 Å². The van der Waals surface area contributed by atoms with Gasteiger partial charge in [-0.15, -0.1) is 0 Å². The second-order valence-electron chi connectivity index (χ2n) is 5.56. The van der Waals surface area contributed by atoms with Crippen LogP contribution in [0, 0.1) is 11.8 Å². The van der Waals surface area contributed by atoms with Gasteiger partial charge in [-0.1, -0.05) is 33.6 Å². The Bertz CT molecular complexity index is 181. The van der Waals surface area contributed by atoms with E-state index in [0.29, 0.717) is 12.5 Å². The predicted molar refractivity (Wildman–Crippen MR) is 69.4 cm³/mol. The Balaban J connectivity index is 2.41. The van der Waals surface area contributed by atoms with Crippen LogP contribution < -0.4 is 5.73 Å². The molecule has 0 aromatic heterocycles. The highest BCUT2D eigenvalue weighted by molar-refractivity contribution is 4.87. The number of hydrogen-bond donors (Lipinski definition) is 1. The van der Waals surface area contributed by atoms with E-state index in [1.807, 2.05) is 0 Å². The van der Waals surface area contributed by atoms with Gasteiger partial charge in [0.2, 0.25) is 0 Å². The van der Waals surface area contributed by atoms with Gasteiger partial charge in [-0.2, -0.15) is 0 Å². The van der Waals surface area contributed by atoms with Crippen molar-refractivity contribution in [2.24, 2.45) is 17.6 Å². The first-order chi connectivity index (χ1) is 7.65. The number of rotatable bonds is 6. The van der Waals surface area contributed by atoms with E-state index >= 15 is 0 Å². The van der Waals surface area contributed by atoms with Crippen LogP contribution in [0.3, 0.4) is 0 Å². The second-order valence-corrected chi connectivity index (χ2v) is 5.56. The molecule has 1 rings (SSSR count). The van der Waals surface area contributed by atoms with Crippen LogP contribution in [-0.2, 0) is 4.74 Å². The fourth-order valence-corrected chi connectivity index (χ4v) is 2.51. The minimum atomic E-state index is 0.00903. The highest BCUT2D eigenvalue weighted by Gasteiger charge is 2.34. The second kappa shape index (κ2) is 6.61. The summed E-state index contributed by atoms with van der Waals surface area (Å²) < 4.78 is 6.19. The molecule has 0 spiro atoms. The highest BCUT2D eigenvalue weighted by Crippen LogP contribution is 2.34. The quantitative estimate of drug-likeness (QED) is 0.755. The first-order valence-electron chi connectivity index (χ1n) is 6.99. The molecule has 0 heterocycles. The maximum Gasteiger partial charge on any atom is 0.0804 e. The third kappa shape index (κ3) is 3.74. The minimum absolute atomic E-state index is 0.00903. The Morgan fingerprint density at radius 2 is 1.81 bits per heavy atom. The lowest BCUT2D eigenvalue weighted by Crippen LogP contribution is -2.44. The predicted octanol–water partition coefficient (Wildman–Crippen LogP) is 3.35. The fourth-order valence-electron chi connectivity index (χ4n) is 2.51. The van der Waals surface area contributed by atoms with E-state index in [1.165, 1.54) is 25.7 Å². The summed E-state index contributed by atoms with van der Waals surface area (Å²) >= 11 is 0. The molecular weight excluding hydrogens is 198 g/mol. The van der Waals surface area contributed by atoms with Crippen LogP contribution in [-0.4, -0.2) is 18.8 Å². The Morgan fingerprint density at radius 3 is 2.25 bits per heavy atom. The number of nitrogens with two attached hydrogens (primary N) is 1. The van der Waals surface area contributed by atoms with Crippen molar-refractivity contribution in [3.63, 3.8) is 0 Å².